The second-order valence-electron chi connectivity index (χ2n) is 8.85. The number of aromatic nitrogens is 2. The fourth-order valence-electron chi connectivity index (χ4n) is 4.56. The van der Waals surface area contributed by atoms with E-state index < -0.39 is 6.10 Å². The second kappa shape index (κ2) is 10.7. The van der Waals surface area contributed by atoms with Crippen LogP contribution in [0.15, 0.2) is 45.9 Å². The number of thioether (sulfide) groups is 1. The summed E-state index contributed by atoms with van der Waals surface area (Å²) in [5, 5.41) is 17.7. The number of rotatable bonds is 6. The minimum absolute atomic E-state index is 0.00519. The fourth-order valence-corrected chi connectivity index (χ4v) is 6.01. The van der Waals surface area contributed by atoms with Crippen LogP contribution in [0.25, 0.3) is 10.9 Å². The number of pyridine rings is 2. The average molecular weight is 572 g/mol. The number of aliphatic hydroxyl groups is 1. The van der Waals surface area contributed by atoms with E-state index in [1.807, 2.05) is 30.3 Å². The number of aliphatic hydroxyl groups excluding tert-OH is 1. The Labute approximate surface area is 221 Å². The van der Waals surface area contributed by atoms with Crippen molar-refractivity contribution in [1.82, 2.24) is 20.2 Å². The number of hydrogen-bond acceptors (Lipinski definition) is 8. The third-order valence-corrected chi connectivity index (χ3v) is 8.10. The van der Waals surface area contributed by atoms with Crippen molar-refractivity contribution >= 4 is 56.2 Å². The molecule has 2 amide bonds. The maximum Gasteiger partial charge on any atom is 0.271 e. The van der Waals surface area contributed by atoms with Gasteiger partial charge in [-0.05, 0) is 64.7 Å². The van der Waals surface area contributed by atoms with Gasteiger partial charge in [0.1, 0.15) is 17.3 Å². The lowest BCUT2D eigenvalue weighted by molar-refractivity contribution is -0.113. The Kier molecular flexibility index (Phi) is 7.42. The number of hydrogen-bond donors (Lipinski definition) is 3. The zero-order valence-electron chi connectivity index (χ0n) is 19.7. The normalized spacial score (nSPS) is 17.4. The van der Waals surface area contributed by atoms with Crippen LogP contribution in [-0.4, -0.2) is 70.3 Å². The van der Waals surface area contributed by atoms with Gasteiger partial charge in [0.25, 0.3) is 5.91 Å². The maximum atomic E-state index is 12.9. The standard InChI is InChI=1S/C25H26BrN5O4S/c1-35-15-2-3-19-17(10-15)16(4-7-27-19)20(32)12-31-8-5-14(6-9-31)28-25(34)23-18(26)11-21-24(30-23)29-22(33)13-36-21/h2-4,7,10-11,14,20,32H,5-6,8-9,12-13H2,1H3,(H,28,34)(H,29,30,33)/t20-/m0/s1. The molecule has 4 heterocycles. The van der Waals surface area contributed by atoms with E-state index in [4.69, 9.17) is 4.74 Å². The van der Waals surface area contributed by atoms with Crippen LogP contribution in [0, 0.1) is 0 Å². The largest absolute Gasteiger partial charge is 0.497 e. The van der Waals surface area contributed by atoms with Gasteiger partial charge < -0.3 is 25.4 Å². The molecule has 2 aliphatic rings. The first kappa shape index (κ1) is 24.9. The van der Waals surface area contributed by atoms with Crippen molar-refractivity contribution in [2.24, 2.45) is 0 Å². The highest BCUT2D eigenvalue weighted by Crippen LogP contribution is 2.33. The van der Waals surface area contributed by atoms with Crippen molar-refractivity contribution in [3.05, 3.63) is 52.3 Å². The molecule has 3 N–H and O–H groups in total. The van der Waals surface area contributed by atoms with Crippen molar-refractivity contribution in [1.29, 1.82) is 0 Å². The fraction of sp³-hybridized carbons (Fsp3) is 0.360. The van der Waals surface area contributed by atoms with Crippen molar-refractivity contribution in [3.8, 4) is 5.75 Å². The van der Waals surface area contributed by atoms with Crippen molar-refractivity contribution in [2.45, 2.75) is 29.9 Å². The van der Waals surface area contributed by atoms with Gasteiger partial charge in [-0.1, -0.05) is 0 Å². The van der Waals surface area contributed by atoms with E-state index in [0.29, 0.717) is 22.6 Å². The first-order chi connectivity index (χ1) is 17.4. The molecular formula is C25H26BrN5O4S. The molecule has 0 bridgehead atoms. The minimum atomic E-state index is -0.669. The van der Waals surface area contributed by atoms with E-state index in [1.165, 1.54) is 11.8 Å². The molecule has 36 heavy (non-hydrogen) atoms. The minimum Gasteiger partial charge on any atom is -0.497 e. The van der Waals surface area contributed by atoms with Crippen LogP contribution in [0.5, 0.6) is 5.75 Å². The third kappa shape index (κ3) is 5.34. The summed E-state index contributed by atoms with van der Waals surface area (Å²) < 4.78 is 5.94. The van der Waals surface area contributed by atoms with E-state index >= 15 is 0 Å². The SMILES string of the molecule is COc1ccc2nccc([C@@H](O)CN3CCC(NC(=O)c4nc5c(cc4Br)SCC(=O)N5)CC3)c2c1. The number of likely N-dealkylation sites (tertiary alicyclic amines) is 1. The number of carbonyl (C=O) groups is 2. The Morgan fingerprint density at radius 1 is 1.33 bits per heavy atom. The monoisotopic (exact) mass is 571 g/mol. The number of ether oxygens (including phenoxy) is 1. The number of benzene rings is 1. The summed E-state index contributed by atoms with van der Waals surface area (Å²) in [7, 11) is 1.62. The third-order valence-electron chi connectivity index (χ3n) is 6.47. The molecule has 2 aromatic heterocycles. The van der Waals surface area contributed by atoms with Crippen LogP contribution < -0.4 is 15.4 Å². The molecule has 1 aromatic carbocycles. The lowest BCUT2D eigenvalue weighted by atomic mass is 10.0. The molecule has 1 fully saturated rings. The van der Waals surface area contributed by atoms with Gasteiger partial charge >= 0.3 is 0 Å². The van der Waals surface area contributed by atoms with Crippen molar-refractivity contribution in [3.63, 3.8) is 0 Å². The molecule has 5 rings (SSSR count). The lowest BCUT2D eigenvalue weighted by Crippen LogP contribution is -2.45. The number of piperidine rings is 1. The van der Waals surface area contributed by atoms with Crippen LogP contribution in [0.3, 0.4) is 0 Å². The topological polar surface area (TPSA) is 117 Å². The molecule has 3 aromatic rings. The van der Waals surface area contributed by atoms with E-state index in [0.717, 1.165) is 53.0 Å². The molecule has 0 spiro atoms. The number of amides is 2. The summed E-state index contributed by atoms with van der Waals surface area (Å²) in [5.74, 6) is 1.09. The zero-order valence-corrected chi connectivity index (χ0v) is 22.1. The first-order valence-electron chi connectivity index (χ1n) is 11.7. The van der Waals surface area contributed by atoms with Gasteiger partial charge in [-0.25, -0.2) is 4.98 Å². The van der Waals surface area contributed by atoms with Gasteiger partial charge in [0, 0.05) is 37.3 Å². The zero-order chi connectivity index (χ0) is 25.2. The summed E-state index contributed by atoms with van der Waals surface area (Å²) >= 11 is 4.84. The highest BCUT2D eigenvalue weighted by atomic mass is 79.9. The number of nitrogens with one attached hydrogen (secondary N) is 2. The molecule has 11 heteroatoms. The smallest absolute Gasteiger partial charge is 0.271 e. The van der Waals surface area contributed by atoms with Gasteiger partial charge in [0.15, 0.2) is 0 Å². The average Bonchev–Trinajstić information content (AvgIpc) is 2.88. The Morgan fingerprint density at radius 3 is 2.92 bits per heavy atom. The highest BCUT2D eigenvalue weighted by Gasteiger charge is 2.26. The van der Waals surface area contributed by atoms with E-state index in [9.17, 15) is 14.7 Å². The Morgan fingerprint density at radius 2 is 2.14 bits per heavy atom. The molecule has 0 radical (unpaired) electrons. The van der Waals surface area contributed by atoms with Crippen molar-refractivity contribution < 1.29 is 19.4 Å². The Hall–Kier alpha value is -2.73. The molecule has 9 nitrogen and oxygen atoms in total. The summed E-state index contributed by atoms with van der Waals surface area (Å²) in [6.45, 7) is 1.99. The number of nitrogens with zero attached hydrogens (tertiary/aromatic N) is 3. The van der Waals surface area contributed by atoms with Crippen LogP contribution >= 0.6 is 27.7 Å². The summed E-state index contributed by atoms with van der Waals surface area (Å²) in [4.78, 5) is 36.4. The number of fused-ring (bicyclic) bond motifs is 2. The van der Waals surface area contributed by atoms with Crippen LogP contribution in [0.1, 0.15) is 35.0 Å². The lowest BCUT2D eigenvalue weighted by Gasteiger charge is -2.33. The predicted molar refractivity (Wildman–Crippen MR) is 141 cm³/mol. The summed E-state index contributed by atoms with van der Waals surface area (Å²) in [6.07, 6.45) is 2.57. The Balaban J connectivity index is 1.19. The molecule has 188 valence electrons. The van der Waals surface area contributed by atoms with Gasteiger partial charge in [0.05, 0.1) is 33.9 Å². The number of halogens is 1. The van der Waals surface area contributed by atoms with Gasteiger partial charge in [-0.2, -0.15) is 0 Å². The quantitative estimate of drug-likeness (QED) is 0.412. The Bertz CT molecular complexity index is 1320. The van der Waals surface area contributed by atoms with Crippen LogP contribution in [0.2, 0.25) is 0 Å². The second-order valence-corrected chi connectivity index (χ2v) is 10.7. The van der Waals surface area contributed by atoms with Gasteiger partial charge in [-0.15, -0.1) is 11.8 Å². The summed E-state index contributed by atoms with van der Waals surface area (Å²) in [6, 6.07) is 9.33. The molecule has 1 atom stereocenters. The molecule has 2 aliphatic heterocycles. The summed E-state index contributed by atoms with van der Waals surface area (Å²) in [5.41, 5.74) is 1.89. The van der Waals surface area contributed by atoms with Crippen LogP contribution in [0.4, 0.5) is 5.82 Å². The predicted octanol–water partition coefficient (Wildman–Crippen LogP) is 3.37. The number of anilines is 1. The van der Waals surface area contributed by atoms with Crippen LogP contribution in [-0.2, 0) is 4.79 Å². The molecular weight excluding hydrogens is 546 g/mol. The van der Waals surface area contributed by atoms with E-state index in [2.05, 4.69) is 41.4 Å². The van der Waals surface area contributed by atoms with E-state index in [1.54, 1.807) is 13.3 Å². The van der Waals surface area contributed by atoms with E-state index in [-0.39, 0.29) is 23.6 Å². The van der Waals surface area contributed by atoms with Crippen molar-refractivity contribution in [2.75, 3.05) is 37.8 Å². The molecule has 0 unspecified atom stereocenters. The number of β-amino-alcohol motifs (C(OH)–C–C–N with tert-alkyl or cyclic N) is 1. The molecule has 0 aliphatic carbocycles. The maximum absolute atomic E-state index is 12.9. The molecule has 0 saturated carbocycles. The first-order valence-corrected chi connectivity index (χ1v) is 13.5. The van der Waals surface area contributed by atoms with Gasteiger partial charge in [0.2, 0.25) is 5.91 Å². The molecule has 1 saturated heterocycles. The number of carbonyl (C=O) groups excluding carboxylic acids is 2. The number of methoxy groups -OCH3 is 1. The van der Waals surface area contributed by atoms with Gasteiger partial charge in [-0.3, -0.25) is 14.6 Å². The highest BCUT2D eigenvalue weighted by molar-refractivity contribution is 9.10.